The molecular formula is C17H21N3O5S. The molecule has 3 N–H and O–H groups in total. The molecule has 0 bridgehead atoms. The number of aromatic amines is 1. The minimum absolute atomic E-state index is 0.00823. The zero-order valence-electron chi connectivity index (χ0n) is 14.8. The fraction of sp³-hybridized carbons (Fsp3) is 0.294. The Bertz CT molecular complexity index is 949. The quantitative estimate of drug-likeness (QED) is 0.613. The van der Waals surface area contributed by atoms with Crippen molar-refractivity contribution < 1.29 is 17.9 Å². The van der Waals surface area contributed by atoms with Crippen molar-refractivity contribution in [1.29, 1.82) is 0 Å². The van der Waals surface area contributed by atoms with Crippen LogP contribution in [0, 0.1) is 13.8 Å². The van der Waals surface area contributed by atoms with Gasteiger partial charge in [0, 0.05) is 18.8 Å². The molecule has 0 saturated carbocycles. The monoisotopic (exact) mass is 379 g/mol. The van der Waals surface area contributed by atoms with Crippen LogP contribution in [0.1, 0.15) is 21.6 Å². The molecule has 0 aliphatic rings. The molecule has 9 heteroatoms. The predicted molar refractivity (Wildman–Crippen MR) is 97.1 cm³/mol. The molecule has 26 heavy (non-hydrogen) atoms. The van der Waals surface area contributed by atoms with Crippen molar-refractivity contribution in [3.8, 4) is 5.75 Å². The van der Waals surface area contributed by atoms with Gasteiger partial charge in [-0.05, 0) is 49.7 Å². The third-order valence-electron chi connectivity index (χ3n) is 3.82. The topological polar surface area (TPSA) is 117 Å². The Balaban J connectivity index is 1.92. The van der Waals surface area contributed by atoms with Crippen LogP contribution in [0.3, 0.4) is 0 Å². The molecular weight excluding hydrogens is 358 g/mol. The molecule has 2 aromatic rings. The summed E-state index contributed by atoms with van der Waals surface area (Å²) >= 11 is 0. The molecule has 0 aliphatic carbocycles. The van der Waals surface area contributed by atoms with Crippen molar-refractivity contribution in [3.63, 3.8) is 0 Å². The van der Waals surface area contributed by atoms with Gasteiger partial charge in [0.2, 0.25) is 10.0 Å². The second kappa shape index (κ2) is 8.15. The number of rotatable bonds is 7. The number of nitrogens with one attached hydrogen (secondary N) is 3. The zero-order valence-corrected chi connectivity index (χ0v) is 15.6. The van der Waals surface area contributed by atoms with E-state index < -0.39 is 21.5 Å². The number of H-pyrrole nitrogens is 1. The van der Waals surface area contributed by atoms with Gasteiger partial charge in [-0.1, -0.05) is 0 Å². The van der Waals surface area contributed by atoms with E-state index in [0.717, 1.165) is 5.56 Å². The number of amides is 1. The normalized spacial score (nSPS) is 11.2. The van der Waals surface area contributed by atoms with E-state index in [9.17, 15) is 18.0 Å². The highest BCUT2D eigenvalue weighted by Crippen LogP contribution is 2.14. The highest BCUT2D eigenvalue weighted by molar-refractivity contribution is 7.89. The Hall–Kier alpha value is -2.65. The lowest BCUT2D eigenvalue weighted by atomic mass is 10.1. The van der Waals surface area contributed by atoms with E-state index in [1.807, 2.05) is 0 Å². The van der Waals surface area contributed by atoms with E-state index in [-0.39, 0.29) is 23.5 Å². The fourth-order valence-electron chi connectivity index (χ4n) is 2.19. The summed E-state index contributed by atoms with van der Waals surface area (Å²) in [6.07, 6.45) is 0. The maximum Gasteiger partial charge on any atom is 0.261 e. The molecule has 0 atom stereocenters. The molecule has 1 heterocycles. The standard InChI is InChI=1S/C17H21N3O5S/c1-11-10-15(17(22)20-12(11)2)16(21)18-8-9-19-26(23,24)14-6-4-13(25-3)5-7-14/h4-7,10,19H,8-9H2,1-3H3,(H,18,21)(H,20,22). The van der Waals surface area contributed by atoms with Gasteiger partial charge >= 0.3 is 0 Å². The second-order valence-corrected chi connectivity index (χ2v) is 7.42. The van der Waals surface area contributed by atoms with E-state index in [1.54, 1.807) is 26.0 Å². The molecule has 0 spiro atoms. The van der Waals surface area contributed by atoms with Crippen LogP contribution < -0.4 is 20.3 Å². The highest BCUT2D eigenvalue weighted by atomic mass is 32.2. The Labute approximate surface area is 151 Å². The largest absolute Gasteiger partial charge is 0.497 e. The first kappa shape index (κ1) is 19.7. The van der Waals surface area contributed by atoms with E-state index >= 15 is 0 Å². The average molecular weight is 379 g/mol. The highest BCUT2D eigenvalue weighted by Gasteiger charge is 2.15. The Morgan fingerprint density at radius 3 is 2.42 bits per heavy atom. The van der Waals surface area contributed by atoms with Gasteiger partial charge in [-0.3, -0.25) is 9.59 Å². The molecule has 2 rings (SSSR count). The van der Waals surface area contributed by atoms with Crippen LogP contribution in [0.2, 0.25) is 0 Å². The summed E-state index contributed by atoms with van der Waals surface area (Å²) in [6, 6.07) is 7.44. The molecule has 0 unspecified atom stereocenters. The summed E-state index contributed by atoms with van der Waals surface area (Å²) in [6.45, 7) is 3.56. The minimum Gasteiger partial charge on any atom is -0.497 e. The molecule has 140 valence electrons. The number of hydrogen-bond donors (Lipinski definition) is 3. The summed E-state index contributed by atoms with van der Waals surface area (Å²) in [5.74, 6) is -0.00665. The van der Waals surface area contributed by atoms with Crippen molar-refractivity contribution in [2.24, 2.45) is 0 Å². The lowest BCUT2D eigenvalue weighted by Gasteiger charge is -2.09. The van der Waals surface area contributed by atoms with Crippen molar-refractivity contribution in [2.45, 2.75) is 18.7 Å². The molecule has 0 aliphatic heterocycles. The maximum absolute atomic E-state index is 12.2. The summed E-state index contributed by atoms with van der Waals surface area (Å²) in [5, 5.41) is 2.52. The third-order valence-corrected chi connectivity index (χ3v) is 5.29. The number of carbonyl (C=O) groups excluding carboxylic acids is 1. The molecule has 0 radical (unpaired) electrons. The Morgan fingerprint density at radius 2 is 1.81 bits per heavy atom. The van der Waals surface area contributed by atoms with Gasteiger partial charge in [0.1, 0.15) is 11.3 Å². The minimum atomic E-state index is -3.69. The van der Waals surface area contributed by atoms with Gasteiger partial charge < -0.3 is 15.0 Å². The predicted octanol–water partition coefficient (Wildman–Crippen LogP) is 0.709. The van der Waals surface area contributed by atoms with Crippen LogP contribution in [0.4, 0.5) is 0 Å². The number of benzene rings is 1. The van der Waals surface area contributed by atoms with Gasteiger partial charge in [0.25, 0.3) is 11.5 Å². The zero-order chi connectivity index (χ0) is 19.3. The number of methoxy groups -OCH3 is 1. The molecule has 1 amide bonds. The van der Waals surface area contributed by atoms with Crippen LogP contribution in [0.25, 0.3) is 0 Å². The number of aromatic nitrogens is 1. The Morgan fingerprint density at radius 1 is 1.15 bits per heavy atom. The van der Waals surface area contributed by atoms with Gasteiger partial charge in [0.15, 0.2) is 0 Å². The second-order valence-electron chi connectivity index (χ2n) is 5.65. The molecule has 0 saturated heterocycles. The fourth-order valence-corrected chi connectivity index (χ4v) is 3.22. The van der Waals surface area contributed by atoms with E-state index in [2.05, 4.69) is 15.0 Å². The van der Waals surface area contributed by atoms with Crippen LogP contribution in [-0.4, -0.2) is 39.5 Å². The Kier molecular flexibility index (Phi) is 6.17. The van der Waals surface area contributed by atoms with Crippen LogP contribution in [0.5, 0.6) is 5.75 Å². The van der Waals surface area contributed by atoms with E-state index in [4.69, 9.17) is 4.74 Å². The van der Waals surface area contributed by atoms with Gasteiger partial charge in [-0.25, -0.2) is 13.1 Å². The van der Waals surface area contributed by atoms with E-state index in [1.165, 1.54) is 25.3 Å². The van der Waals surface area contributed by atoms with Crippen LogP contribution >= 0.6 is 0 Å². The number of ether oxygens (including phenoxy) is 1. The van der Waals surface area contributed by atoms with Crippen LogP contribution in [0.15, 0.2) is 40.0 Å². The maximum atomic E-state index is 12.2. The van der Waals surface area contributed by atoms with Gasteiger partial charge in [-0.15, -0.1) is 0 Å². The van der Waals surface area contributed by atoms with Gasteiger partial charge in [-0.2, -0.15) is 0 Å². The first-order valence-corrected chi connectivity index (χ1v) is 9.35. The molecule has 0 fully saturated rings. The molecule has 1 aromatic carbocycles. The van der Waals surface area contributed by atoms with E-state index in [0.29, 0.717) is 11.4 Å². The lowest BCUT2D eigenvalue weighted by Crippen LogP contribution is -2.36. The summed E-state index contributed by atoms with van der Waals surface area (Å²) in [4.78, 5) is 26.6. The molecule has 8 nitrogen and oxygen atoms in total. The molecule has 1 aromatic heterocycles. The summed E-state index contributed by atoms with van der Waals surface area (Å²) in [5.41, 5.74) is 0.990. The van der Waals surface area contributed by atoms with Crippen molar-refractivity contribution >= 4 is 15.9 Å². The van der Waals surface area contributed by atoms with Crippen molar-refractivity contribution in [2.75, 3.05) is 20.2 Å². The first-order valence-electron chi connectivity index (χ1n) is 7.87. The average Bonchev–Trinajstić information content (AvgIpc) is 2.61. The van der Waals surface area contributed by atoms with Gasteiger partial charge in [0.05, 0.1) is 12.0 Å². The first-order chi connectivity index (χ1) is 12.2. The number of aryl methyl sites for hydroxylation is 2. The lowest BCUT2D eigenvalue weighted by molar-refractivity contribution is 0.0952. The number of sulfonamides is 1. The summed E-state index contributed by atoms with van der Waals surface area (Å²) in [7, 11) is -2.20. The SMILES string of the molecule is COc1ccc(S(=O)(=O)NCCNC(=O)c2cc(C)c(C)[nH]c2=O)cc1. The van der Waals surface area contributed by atoms with Crippen molar-refractivity contribution in [3.05, 3.63) is 57.5 Å². The number of pyridine rings is 1. The number of carbonyl (C=O) groups is 1. The summed E-state index contributed by atoms with van der Waals surface area (Å²) < 4.78 is 31.7. The smallest absolute Gasteiger partial charge is 0.261 e. The van der Waals surface area contributed by atoms with Crippen molar-refractivity contribution in [1.82, 2.24) is 15.0 Å². The third kappa shape index (κ3) is 4.70. The van der Waals surface area contributed by atoms with Crippen LogP contribution in [-0.2, 0) is 10.0 Å². The number of hydrogen-bond acceptors (Lipinski definition) is 5.